The Morgan fingerprint density at radius 1 is 1.21 bits per heavy atom. The van der Waals surface area contributed by atoms with Gasteiger partial charge in [0.15, 0.2) is 0 Å². The summed E-state index contributed by atoms with van der Waals surface area (Å²) in [4.78, 5) is 20.6. The summed E-state index contributed by atoms with van der Waals surface area (Å²) in [5.74, 6) is 0.978. The third-order valence-electron chi connectivity index (χ3n) is 4.10. The van der Waals surface area contributed by atoms with Gasteiger partial charge in [-0.05, 0) is 38.0 Å². The first-order chi connectivity index (χ1) is 11.6. The van der Waals surface area contributed by atoms with Crippen molar-refractivity contribution in [3.8, 4) is 0 Å². The number of nitrogens with one attached hydrogen (secondary N) is 2. The van der Waals surface area contributed by atoms with E-state index in [0.717, 1.165) is 17.2 Å². The standard InChI is InChI=1S/C18H22N4O2/c1-12-10-16(20-14-7-3-4-8-14)22-18(19-12)21-15-9-5-6-13(11-15)17(23)24-2/h5-6,9-11,14H,3-4,7-8H2,1-2H3,(H2,19,20,21,22). The Labute approximate surface area is 141 Å². The largest absolute Gasteiger partial charge is 0.465 e. The van der Waals surface area contributed by atoms with Gasteiger partial charge in [0.1, 0.15) is 5.82 Å². The summed E-state index contributed by atoms with van der Waals surface area (Å²) in [6.45, 7) is 1.94. The number of rotatable bonds is 5. The second kappa shape index (κ2) is 7.29. The number of ether oxygens (including phenoxy) is 1. The molecule has 1 fully saturated rings. The first-order valence-corrected chi connectivity index (χ1v) is 8.21. The summed E-state index contributed by atoms with van der Waals surface area (Å²) in [6, 6.07) is 9.54. The number of esters is 1. The lowest BCUT2D eigenvalue weighted by atomic mass is 10.2. The molecule has 3 rings (SSSR count). The van der Waals surface area contributed by atoms with Crippen LogP contribution in [0.4, 0.5) is 17.5 Å². The highest BCUT2D eigenvalue weighted by atomic mass is 16.5. The second-order valence-electron chi connectivity index (χ2n) is 6.04. The van der Waals surface area contributed by atoms with Crippen LogP contribution < -0.4 is 10.6 Å². The summed E-state index contributed by atoms with van der Waals surface area (Å²) in [5.41, 5.74) is 2.12. The quantitative estimate of drug-likeness (QED) is 0.817. The van der Waals surface area contributed by atoms with Crippen LogP contribution in [0.15, 0.2) is 30.3 Å². The fourth-order valence-corrected chi connectivity index (χ4v) is 2.95. The van der Waals surface area contributed by atoms with E-state index in [2.05, 4.69) is 20.6 Å². The Morgan fingerprint density at radius 3 is 2.75 bits per heavy atom. The Kier molecular flexibility index (Phi) is 4.93. The van der Waals surface area contributed by atoms with Crippen molar-refractivity contribution in [2.24, 2.45) is 0 Å². The van der Waals surface area contributed by atoms with Crippen molar-refractivity contribution in [2.75, 3.05) is 17.7 Å². The molecule has 6 nitrogen and oxygen atoms in total. The van der Waals surface area contributed by atoms with Crippen molar-refractivity contribution in [1.82, 2.24) is 9.97 Å². The van der Waals surface area contributed by atoms with E-state index in [4.69, 9.17) is 4.74 Å². The monoisotopic (exact) mass is 326 g/mol. The van der Waals surface area contributed by atoms with Crippen LogP contribution in [0.3, 0.4) is 0 Å². The minimum Gasteiger partial charge on any atom is -0.465 e. The molecule has 126 valence electrons. The van der Waals surface area contributed by atoms with Crippen molar-refractivity contribution in [1.29, 1.82) is 0 Å². The van der Waals surface area contributed by atoms with Gasteiger partial charge in [0.2, 0.25) is 5.95 Å². The number of aryl methyl sites for hydroxylation is 1. The van der Waals surface area contributed by atoms with Gasteiger partial charge in [-0.15, -0.1) is 0 Å². The topological polar surface area (TPSA) is 76.1 Å². The maximum atomic E-state index is 11.6. The molecule has 1 saturated carbocycles. The Hall–Kier alpha value is -2.63. The van der Waals surface area contributed by atoms with Crippen LogP contribution in [-0.2, 0) is 4.74 Å². The summed E-state index contributed by atoms with van der Waals surface area (Å²) >= 11 is 0. The fraction of sp³-hybridized carbons (Fsp3) is 0.389. The Balaban J connectivity index is 1.77. The number of benzene rings is 1. The molecule has 0 saturated heterocycles. The second-order valence-corrected chi connectivity index (χ2v) is 6.04. The molecule has 6 heteroatoms. The molecule has 0 atom stereocenters. The third kappa shape index (κ3) is 4.01. The van der Waals surface area contributed by atoms with Gasteiger partial charge in [-0.25, -0.2) is 9.78 Å². The molecule has 1 heterocycles. The van der Waals surface area contributed by atoms with Gasteiger partial charge in [0.25, 0.3) is 0 Å². The van der Waals surface area contributed by atoms with E-state index in [1.807, 2.05) is 19.1 Å². The first-order valence-electron chi connectivity index (χ1n) is 8.21. The van der Waals surface area contributed by atoms with Crippen molar-refractivity contribution in [3.05, 3.63) is 41.6 Å². The number of carbonyl (C=O) groups excluding carboxylic acids is 1. The lowest BCUT2D eigenvalue weighted by molar-refractivity contribution is 0.0601. The highest BCUT2D eigenvalue weighted by molar-refractivity contribution is 5.90. The van der Waals surface area contributed by atoms with Crippen molar-refractivity contribution in [2.45, 2.75) is 38.6 Å². The average molecular weight is 326 g/mol. The predicted molar refractivity (Wildman–Crippen MR) is 93.7 cm³/mol. The van der Waals surface area contributed by atoms with Gasteiger partial charge in [-0.3, -0.25) is 0 Å². The van der Waals surface area contributed by atoms with Crippen LogP contribution in [0.2, 0.25) is 0 Å². The number of hydrogen-bond donors (Lipinski definition) is 2. The molecule has 0 aliphatic heterocycles. The highest BCUT2D eigenvalue weighted by Crippen LogP contribution is 2.23. The molecule has 2 N–H and O–H groups in total. The average Bonchev–Trinajstić information content (AvgIpc) is 3.06. The number of hydrogen-bond acceptors (Lipinski definition) is 6. The zero-order valence-electron chi connectivity index (χ0n) is 14.0. The van der Waals surface area contributed by atoms with Crippen LogP contribution in [0.25, 0.3) is 0 Å². The van der Waals surface area contributed by atoms with Gasteiger partial charge in [0.05, 0.1) is 12.7 Å². The molecule has 2 aromatic rings. The number of carbonyl (C=O) groups is 1. The minimum absolute atomic E-state index is 0.368. The van der Waals surface area contributed by atoms with Crippen LogP contribution in [0.5, 0.6) is 0 Å². The number of aromatic nitrogens is 2. The third-order valence-corrected chi connectivity index (χ3v) is 4.10. The maximum absolute atomic E-state index is 11.6. The molecule has 1 aromatic carbocycles. The first kappa shape index (κ1) is 16.2. The summed E-state index contributed by atoms with van der Waals surface area (Å²) in [7, 11) is 1.37. The van der Waals surface area contributed by atoms with Crippen molar-refractivity contribution >= 4 is 23.4 Å². The minimum atomic E-state index is -0.368. The van der Waals surface area contributed by atoms with Gasteiger partial charge >= 0.3 is 5.97 Å². The number of methoxy groups -OCH3 is 1. The molecular formula is C18H22N4O2. The van der Waals surface area contributed by atoms with E-state index in [1.54, 1.807) is 18.2 Å². The van der Waals surface area contributed by atoms with E-state index in [0.29, 0.717) is 17.6 Å². The zero-order valence-corrected chi connectivity index (χ0v) is 14.0. The van der Waals surface area contributed by atoms with Crippen LogP contribution in [-0.4, -0.2) is 29.1 Å². The molecule has 1 aliphatic carbocycles. The van der Waals surface area contributed by atoms with Crippen molar-refractivity contribution in [3.63, 3.8) is 0 Å². The fourth-order valence-electron chi connectivity index (χ4n) is 2.95. The molecule has 0 amide bonds. The molecule has 1 aromatic heterocycles. The smallest absolute Gasteiger partial charge is 0.337 e. The van der Waals surface area contributed by atoms with Crippen molar-refractivity contribution < 1.29 is 9.53 Å². The van der Waals surface area contributed by atoms with E-state index >= 15 is 0 Å². The predicted octanol–water partition coefficient (Wildman–Crippen LogP) is 3.67. The van der Waals surface area contributed by atoms with Crippen LogP contribution in [0.1, 0.15) is 41.7 Å². The molecule has 0 bridgehead atoms. The molecule has 1 aliphatic rings. The highest BCUT2D eigenvalue weighted by Gasteiger charge is 2.15. The number of anilines is 3. The normalized spacial score (nSPS) is 14.4. The van der Waals surface area contributed by atoms with E-state index in [9.17, 15) is 4.79 Å². The molecule has 24 heavy (non-hydrogen) atoms. The lowest BCUT2D eigenvalue weighted by Gasteiger charge is -2.14. The van der Waals surface area contributed by atoms with E-state index in [1.165, 1.54) is 32.8 Å². The van der Waals surface area contributed by atoms with E-state index in [-0.39, 0.29) is 5.97 Å². The SMILES string of the molecule is COC(=O)c1cccc(Nc2nc(C)cc(NC3CCCC3)n2)c1. The van der Waals surface area contributed by atoms with Crippen LogP contribution in [0, 0.1) is 6.92 Å². The van der Waals surface area contributed by atoms with Gasteiger partial charge in [0, 0.05) is 23.5 Å². The molecule has 0 radical (unpaired) electrons. The molecular weight excluding hydrogens is 304 g/mol. The summed E-state index contributed by atoms with van der Waals surface area (Å²) in [6.07, 6.45) is 4.92. The van der Waals surface area contributed by atoms with Crippen LogP contribution >= 0.6 is 0 Å². The Morgan fingerprint density at radius 2 is 2.00 bits per heavy atom. The zero-order chi connectivity index (χ0) is 16.9. The van der Waals surface area contributed by atoms with Gasteiger partial charge in [-0.1, -0.05) is 18.9 Å². The molecule has 0 spiro atoms. The van der Waals surface area contributed by atoms with Gasteiger partial charge in [-0.2, -0.15) is 4.98 Å². The van der Waals surface area contributed by atoms with E-state index < -0.39 is 0 Å². The summed E-state index contributed by atoms with van der Waals surface area (Å²) in [5, 5.41) is 6.64. The van der Waals surface area contributed by atoms with Gasteiger partial charge < -0.3 is 15.4 Å². The maximum Gasteiger partial charge on any atom is 0.337 e. The lowest BCUT2D eigenvalue weighted by Crippen LogP contribution is -2.16. The molecule has 0 unspecified atom stereocenters. The number of nitrogens with zero attached hydrogens (tertiary/aromatic N) is 2. The Bertz CT molecular complexity index is 727. The summed E-state index contributed by atoms with van der Waals surface area (Å²) < 4.78 is 4.75.